The molecule has 1 aliphatic carbocycles. The van der Waals surface area contributed by atoms with E-state index in [9.17, 15) is 4.79 Å². The van der Waals surface area contributed by atoms with E-state index >= 15 is 0 Å². The highest BCUT2D eigenvalue weighted by atomic mass is 16.6. The summed E-state index contributed by atoms with van der Waals surface area (Å²) < 4.78 is 13.1. The van der Waals surface area contributed by atoms with Gasteiger partial charge < -0.3 is 14.8 Å². The van der Waals surface area contributed by atoms with Crippen molar-refractivity contribution in [2.45, 2.75) is 98.6 Å². The van der Waals surface area contributed by atoms with Crippen LogP contribution >= 0.6 is 0 Å². The lowest BCUT2D eigenvalue weighted by Crippen LogP contribution is -2.40. The van der Waals surface area contributed by atoms with Crippen molar-refractivity contribution >= 4 is 5.97 Å². The standard InChI is InChI=1S/C20H37N5O3/c1-14(2)18(28-19(26)20(4,5)6)25-17(22-23-24-25)13-27-12-15(3)21-16-10-8-7-9-11-16/h14-16,18,21H,7-13H2,1-6H3/t15-,18?/m1/s1. The summed E-state index contributed by atoms with van der Waals surface area (Å²) in [4.78, 5) is 12.3. The minimum absolute atomic E-state index is 0.0282. The number of hydrogen-bond donors (Lipinski definition) is 1. The van der Waals surface area contributed by atoms with Crippen molar-refractivity contribution in [3.8, 4) is 0 Å². The average molecular weight is 396 g/mol. The Bertz CT molecular complexity index is 605. The molecule has 0 bridgehead atoms. The van der Waals surface area contributed by atoms with Crippen LogP contribution in [-0.2, 0) is 20.9 Å². The SMILES string of the molecule is CC(C)C(OC(=O)C(C)(C)C)n1nnnc1COC[C@@H](C)NC1CCCCC1. The summed E-state index contributed by atoms with van der Waals surface area (Å²) in [5.74, 6) is 0.310. The molecule has 8 heteroatoms. The largest absolute Gasteiger partial charge is 0.439 e. The summed E-state index contributed by atoms with van der Waals surface area (Å²) in [6, 6.07) is 0.867. The van der Waals surface area contributed by atoms with Gasteiger partial charge in [-0.05, 0) is 51.0 Å². The zero-order valence-electron chi connectivity index (χ0n) is 18.3. The molecule has 0 radical (unpaired) electrons. The third kappa shape index (κ3) is 6.81. The first kappa shape index (κ1) is 22.7. The van der Waals surface area contributed by atoms with Gasteiger partial charge in [0.1, 0.15) is 6.61 Å². The van der Waals surface area contributed by atoms with Crippen molar-refractivity contribution in [2.75, 3.05) is 6.61 Å². The van der Waals surface area contributed by atoms with Crippen LogP contribution in [0.1, 0.15) is 85.7 Å². The first-order valence-electron chi connectivity index (χ1n) is 10.5. The van der Waals surface area contributed by atoms with Gasteiger partial charge in [0.2, 0.25) is 6.23 Å². The molecule has 0 aliphatic heterocycles. The van der Waals surface area contributed by atoms with Crippen molar-refractivity contribution in [3.05, 3.63) is 5.82 Å². The van der Waals surface area contributed by atoms with Crippen LogP contribution in [0.4, 0.5) is 0 Å². The number of carbonyl (C=O) groups is 1. The van der Waals surface area contributed by atoms with Crippen LogP contribution < -0.4 is 5.32 Å². The third-order valence-corrected chi connectivity index (χ3v) is 4.94. The fourth-order valence-electron chi connectivity index (χ4n) is 3.31. The average Bonchev–Trinajstić information content (AvgIpc) is 3.07. The second kappa shape index (κ2) is 10.3. The van der Waals surface area contributed by atoms with Gasteiger partial charge in [0, 0.05) is 18.0 Å². The molecular weight excluding hydrogens is 358 g/mol. The Kier molecular flexibility index (Phi) is 8.37. The van der Waals surface area contributed by atoms with Crippen LogP contribution in [0.25, 0.3) is 0 Å². The smallest absolute Gasteiger partial charge is 0.313 e. The van der Waals surface area contributed by atoms with Crippen LogP contribution in [0.5, 0.6) is 0 Å². The zero-order chi connectivity index (χ0) is 20.7. The lowest BCUT2D eigenvalue weighted by atomic mass is 9.95. The summed E-state index contributed by atoms with van der Waals surface area (Å²) in [5.41, 5.74) is -0.585. The summed E-state index contributed by atoms with van der Waals surface area (Å²) >= 11 is 0. The van der Waals surface area contributed by atoms with E-state index in [1.165, 1.54) is 32.1 Å². The zero-order valence-corrected chi connectivity index (χ0v) is 18.3. The maximum atomic E-state index is 12.3. The molecule has 1 N–H and O–H groups in total. The fourth-order valence-corrected chi connectivity index (χ4v) is 3.31. The molecule has 8 nitrogen and oxygen atoms in total. The van der Waals surface area contributed by atoms with E-state index in [1.54, 1.807) is 4.68 Å². The maximum absolute atomic E-state index is 12.3. The summed E-state index contributed by atoms with van der Waals surface area (Å²) in [6.07, 6.45) is 5.91. The number of aromatic nitrogens is 4. The molecule has 1 unspecified atom stereocenters. The molecule has 0 saturated heterocycles. The first-order chi connectivity index (χ1) is 13.2. The fraction of sp³-hybridized carbons (Fsp3) is 0.900. The minimum Gasteiger partial charge on any atom is -0.439 e. The van der Waals surface area contributed by atoms with E-state index in [-0.39, 0.29) is 24.5 Å². The van der Waals surface area contributed by atoms with Crippen molar-refractivity contribution < 1.29 is 14.3 Å². The molecule has 1 aromatic rings. The number of carbonyl (C=O) groups excluding carboxylic acids is 1. The third-order valence-electron chi connectivity index (χ3n) is 4.94. The van der Waals surface area contributed by atoms with E-state index in [0.717, 1.165) is 0 Å². The van der Waals surface area contributed by atoms with E-state index < -0.39 is 11.6 Å². The van der Waals surface area contributed by atoms with Crippen LogP contribution in [0.15, 0.2) is 0 Å². The van der Waals surface area contributed by atoms with Gasteiger partial charge in [0.05, 0.1) is 12.0 Å². The van der Waals surface area contributed by atoms with Crippen molar-refractivity contribution in [1.29, 1.82) is 0 Å². The van der Waals surface area contributed by atoms with Gasteiger partial charge in [-0.15, -0.1) is 5.10 Å². The molecule has 2 rings (SSSR count). The highest BCUT2D eigenvalue weighted by molar-refractivity contribution is 5.75. The van der Waals surface area contributed by atoms with Crippen molar-refractivity contribution in [2.24, 2.45) is 11.3 Å². The van der Waals surface area contributed by atoms with E-state index in [1.807, 2.05) is 34.6 Å². The van der Waals surface area contributed by atoms with Crippen LogP contribution in [0.3, 0.4) is 0 Å². The molecule has 1 fully saturated rings. The highest BCUT2D eigenvalue weighted by Gasteiger charge is 2.30. The number of nitrogens with one attached hydrogen (secondary N) is 1. The Balaban J connectivity index is 1.89. The Labute approximate surface area is 168 Å². The Morgan fingerprint density at radius 3 is 2.50 bits per heavy atom. The van der Waals surface area contributed by atoms with E-state index in [4.69, 9.17) is 9.47 Å². The predicted octanol–water partition coefficient (Wildman–Crippen LogP) is 3.24. The van der Waals surface area contributed by atoms with E-state index in [0.29, 0.717) is 18.5 Å². The quantitative estimate of drug-likeness (QED) is 0.642. The molecule has 0 amide bonds. The van der Waals surface area contributed by atoms with Crippen molar-refractivity contribution in [1.82, 2.24) is 25.5 Å². The maximum Gasteiger partial charge on any atom is 0.313 e. The predicted molar refractivity (Wildman–Crippen MR) is 106 cm³/mol. The number of tetrazole rings is 1. The van der Waals surface area contributed by atoms with Crippen molar-refractivity contribution in [3.63, 3.8) is 0 Å². The number of nitrogens with zero attached hydrogens (tertiary/aromatic N) is 4. The lowest BCUT2D eigenvalue weighted by molar-refractivity contribution is -0.168. The van der Waals surface area contributed by atoms with Gasteiger partial charge in [-0.3, -0.25) is 4.79 Å². The Morgan fingerprint density at radius 2 is 1.89 bits per heavy atom. The molecule has 160 valence electrons. The van der Waals surface area contributed by atoms with Gasteiger partial charge in [-0.25, -0.2) is 0 Å². The molecule has 0 spiro atoms. The first-order valence-corrected chi connectivity index (χ1v) is 10.5. The minimum atomic E-state index is -0.585. The molecule has 28 heavy (non-hydrogen) atoms. The second-order valence-electron chi connectivity index (χ2n) is 9.25. The molecular formula is C20H37N5O3. The normalized spacial score (nSPS) is 18.2. The van der Waals surface area contributed by atoms with Gasteiger partial charge >= 0.3 is 5.97 Å². The number of hydrogen-bond acceptors (Lipinski definition) is 7. The topological polar surface area (TPSA) is 91.2 Å². The molecule has 1 heterocycles. The molecule has 1 aliphatic rings. The molecule has 1 saturated carbocycles. The van der Waals surface area contributed by atoms with Gasteiger partial charge in [0.15, 0.2) is 5.82 Å². The van der Waals surface area contributed by atoms with Gasteiger partial charge in [-0.2, -0.15) is 4.68 Å². The summed E-state index contributed by atoms with van der Waals surface area (Å²) in [5, 5.41) is 15.5. The highest BCUT2D eigenvalue weighted by Crippen LogP contribution is 2.25. The van der Waals surface area contributed by atoms with Gasteiger partial charge in [-0.1, -0.05) is 33.1 Å². The molecule has 2 atom stereocenters. The van der Waals surface area contributed by atoms with Crippen LogP contribution in [-0.4, -0.2) is 44.9 Å². The van der Waals surface area contributed by atoms with Crippen LogP contribution in [0, 0.1) is 11.3 Å². The molecule has 0 aromatic carbocycles. The second-order valence-corrected chi connectivity index (χ2v) is 9.25. The summed E-state index contributed by atoms with van der Waals surface area (Å²) in [7, 11) is 0. The number of rotatable bonds is 9. The van der Waals surface area contributed by atoms with E-state index in [2.05, 4.69) is 27.8 Å². The number of esters is 1. The lowest BCUT2D eigenvalue weighted by Gasteiger charge is -2.27. The summed E-state index contributed by atoms with van der Waals surface area (Å²) in [6.45, 7) is 12.4. The monoisotopic (exact) mass is 395 g/mol. The Hall–Kier alpha value is -1.54. The van der Waals surface area contributed by atoms with Crippen LogP contribution in [0.2, 0.25) is 0 Å². The Morgan fingerprint density at radius 1 is 1.21 bits per heavy atom. The number of ether oxygens (including phenoxy) is 2. The van der Waals surface area contributed by atoms with Gasteiger partial charge in [0.25, 0.3) is 0 Å². The molecule has 1 aromatic heterocycles.